The van der Waals surface area contributed by atoms with Gasteiger partial charge < -0.3 is 14.4 Å². The number of carbonyl (C=O) groups excluding carboxylic acids is 2. The Labute approximate surface area is 157 Å². The molecule has 0 atom stereocenters. The van der Waals surface area contributed by atoms with E-state index < -0.39 is 5.97 Å². The number of hydrogen-bond acceptors (Lipinski definition) is 7. The first-order valence-corrected chi connectivity index (χ1v) is 9.13. The van der Waals surface area contributed by atoms with Crippen LogP contribution in [-0.2, 0) is 20.9 Å². The number of aromatic nitrogens is 2. The van der Waals surface area contributed by atoms with Crippen LogP contribution in [0.3, 0.4) is 0 Å². The molecule has 8 nitrogen and oxygen atoms in total. The van der Waals surface area contributed by atoms with Gasteiger partial charge in [0.05, 0.1) is 17.8 Å². The molecule has 0 saturated heterocycles. The molecule has 2 aromatic heterocycles. The summed E-state index contributed by atoms with van der Waals surface area (Å²) in [5, 5.41) is 1.76. The predicted molar refractivity (Wildman–Crippen MR) is 98.0 cm³/mol. The van der Waals surface area contributed by atoms with Crippen LogP contribution >= 0.6 is 11.3 Å². The number of hydrogen-bond donors (Lipinski definition) is 0. The summed E-state index contributed by atoms with van der Waals surface area (Å²) < 4.78 is 12.0. The average Bonchev–Trinajstić information content (AvgIpc) is 3.15. The summed E-state index contributed by atoms with van der Waals surface area (Å²) in [6, 6.07) is 8.51. The van der Waals surface area contributed by atoms with Crippen LogP contribution in [0.25, 0.3) is 4.96 Å². The first-order valence-electron chi connectivity index (χ1n) is 8.25. The lowest BCUT2D eigenvalue weighted by Crippen LogP contribution is -2.40. The number of para-hydroxylation sites is 2. The van der Waals surface area contributed by atoms with Gasteiger partial charge in [-0.3, -0.25) is 18.8 Å². The molecule has 1 amide bonds. The highest BCUT2D eigenvalue weighted by atomic mass is 32.1. The minimum atomic E-state index is -0.472. The summed E-state index contributed by atoms with van der Waals surface area (Å²) in [5.41, 5.74) is 0.811. The van der Waals surface area contributed by atoms with Gasteiger partial charge in [-0.05, 0) is 12.1 Å². The summed E-state index contributed by atoms with van der Waals surface area (Å²) in [6.07, 6.45) is 1.67. The second-order valence-corrected chi connectivity index (χ2v) is 6.73. The van der Waals surface area contributed by atoms with Gasteiger partial charge in [0, 0.05) is 24.2 Å². The maximum absolute atomic E-state index is 12.1. The average molecular weight is 385 g/mol. The Hall–Kier alpha value is -3.20. The van der Waals surface area contributed by atoms with E-state index in [4.69, 9.17) is 9.47 Å². The third-order valence-corrected chi connectivity index (χ3v) is 4.84. The van der Waals surface area contributed by atoms with E-state index in [1.807, 2.05) is 6.07 Å². The third-order valence-electron chi connectivity index (χ3n) is 4.09. The van der Waals surface area contributed by atoms with Gasteiger partial charge in [0.15, 0.2) is 11.6 Å². The SMILES string of the molecule is O=C(CCN1C(=O)COc2ccccc21)OCc1cc(=O)n2ccsc2n1. The molecular weight excluding hydrogens is 370 g/mol. The third kappa shape index (κ3) is 3.54. The van der Waals surface area contributed by atoms with Crippen molar-refractivity contribution < 1.29 is 19.1 Å². The van der Waals surface area contributed by atoms with Crippen molar-refractivity contribution in [2.45, 2.75) is 13.0 Å². The van der Waals surface area contributed by atoms with Crippen molar-refractivity contribution in [1.29, 1.82) is 0 Å². The second-order valence-electron chi connectivity index (χ2n) is 5.85. The van der Waals surface area contributed by atoms with Crippen LogP contribution in [0.5, 0.6) is 5.75 Å². The van der Waals surface area contributed by atoms with E-state index in [0.717, 1.165) is 0 Å². The lowest BCUT2D eigenvalue weighted by molar-refractivity contribution is -0.144. The highest BCUT2D eigenvalue weighted by Crippen LogP contribution is 2.31. The van der Waals surface area contributed by atoms with E-state index in [-0.39, 0.29) is 37.6 Å². The molecule has 9 heteroatoms. The van der Waals surface area contributed by atoms with Crippen LogP contribution in [0.4, 0.5) is 5.69 Å². The number of benzene rings is 1. The van der Waals surface area contributed by atoms with E-state index in [0.29, 0.717) is 22.1 Å². The Morgan fingerprint density at radius 2 is 2.15 bits per heavy atom. The predicted octanol–water partition coefficient (Wildman–Crippen LogP) is 1.61. The first-order chi connectivity index (χ1) is 13.1. The zero-order valence-electron chi connectivity index (χ0n) is 14.2. The number of esters is 1. The topological polar surface area (TPSA) is 90.2 Å². The second kappa shape index (κ2) is 7.20. The first kappa shape index (κ1) is 17.2. The molecule has 3 aromatic rings. The zero-order valence-corrected chi connectivity index (χ0v) is 15.0. The van der Waals surface area contributed by atoms with Crippen LogP contribution in [-0.4, -0.2) is 34.4 Å². The molecule has 0 saturated carbocycles. The molecule has 4 rings (SSSR count). The van der Waals surface area contributed by atoms with Gasteiger partial charge in [0.1, 0.15) is 12.4 Å². The van der Waals surface area contributed by atoms with Gasteiger partial charge in [0.2, 0.25) is 0 Å². The monoisotopic (exact) mass is 385 g/mol. The van der Waals surface area contributed by atoms with E-state index in [9.17, 15) is 14.4 Å². The molecule has 0 bridgehead atoms. The van der Waals surface area contributed by atoms with Crippen LogP contribution in [0.1, 0.15) is 12.1 Å². The lowest BCUT2D eigenvalue weighted by Gasteiger charge is -2.28. The molecule has 138 valence electrons. The maximum Gasteiger partial charge on any atom is 0.307 e. The maximum atomic E-state index is 12.1. The number of nitrogens with zero attached hydrogens (tertiary/aromatic N) is 3. The fourth-order valence-electron chi connectivity index (χ4n) is 2.79. The van der Waals surface area contributed by atoms with Gasteiger partial charge in [-0.1, -0.05) is 12.1 Å². The molecule has 0 aliphatic carbocycles. The van der Waals surface area contributed by atoms with Crippen molar-refractivity contribution in [1.82, 2.24) is 9.38 Å². The minimum Gasteiger partial charge on any atom is -0.482 e. The van der Waals surface area contributed by atoms with E-state index >= 15 is 0 Å². The number of thiazole rings is 1. The molecule has 0 spiro atoms. The summed E-state index contributed by atoms with van der Waals surface area (Å²) in [7, 11) is 0. The number of rotatable bonds is 5. The molecule has 3 heterocycles. The Balaban J connectivity index is 1.37. The van der Waals surface area contributed by atoms with E-state index in [1.165, 1.54) is 26.7 Å². The fraction of sp³-hybridized carbons (Fsp3) is 0.222. The molecule has 1 aliphatic heterocycles. The van der Waals surface area contributed by atoms with E-state index in [2.05, 4.69) is 4.98 Å². The van der Waals surface area contributed by atoms with Gasteiger partial charge >= 0.3 is 5.97 Å². The summed E-state index contributed by atoms with van der Waals surface area (Å²) >= 11 is 1.33. The Kier molecular flexibility index (Phi) is 4.59. The highest BCUT2D eigenvalue weighted by Gasteiger charge is 2.25. The largest absolute Gasteiger partial charge is 0.482 e. The van der Waals surface area contributed by atoms with Gasteiger partial charge in [-0.2, -0.15) is 0 Å². The van der Waals surface area contributed by atoms with Crippen molar-refractivity contribution in [2.24, 2.45) is 0 Å². The molecular formula is C18H15N3O5S. The molecule has 0 radical (unpaired) electrons. The molecule has 1 aromatic carbocycles. The van der Waals surface area contributed by atoms with Gasteiger partial charge in [-0.25, -0.2) is 4.98 Å². The zero-order chi connectivity index (χ0) is 18.8. The van der Waals surface area contributed by atoms with Crippen LogP contribution in [0.15, 0.2) is 46.7 Å². The van der Waals surface area contributed by atoms with Crippen molar-refractivity contribution in [3.63, 3.8) is 0 Å². The number of amides is 1. The van der Waals surface area contributed by atoms with Crippen LogP contribution in [0.2, 0.25) is 0 Å². The van der Waals surface area contributed by atoms with Crippen molar-refractivity contribution >= 4 is 33.9 Å². The number of anilines is 1. The normalized spacial score (nSPS) is 13.3. The number of ether oxygens (including phenoxy) is 2. The van der Waals surface area contributed by atoms with Crippen molar-refractivity contribution in [2.75, 3.05) is 18.1 Å². The summed E-state index contributed by atoms with van der Waals surface area (Å²) in [6.45, 7) is 0.0506. The van der Waals surface area contributed by atoms with E-state index in [1.54, 1.807) is 29.8 Å². The van der Waals surface area contributed by atoms with Gasteiger partial charge in [-0.15, -0.1) is 11.3 Å². The molecule has 27 heavy (non-hydrogen) atoms. The lowest BCUT2D eigenvalue weighted by atomic mass is 10.2. The Morgan fingerprint density at radius 3 is 3.04 bits per heavy atom. The molecule has 0 N–H and O–H groups in total. The fourth-order valence-corrected chi connectivity index (χ4v) is 3.53. The smallest absolute Gasteiger partial charge is 0.307 e. The van der Waals surface area contributed by atoms with Crippen molar-refractivity contribution in [3.05, 3.63) is 58.0 Å². The molecule has 0 unspecified atom stereocenters. The quantitative estimate of drug-likeness (QED) is 0.620. The highest BCUT2D eigenvalue weighted by molar-refractivity contribution is 7.15. The molecule has 0 fully saturated rings. The Bertz CT molecular complexity index is 1070. The van der Waals surface area contributed by atoms with Crippen molar-refractivity contribution in [3.8, 4) is 5.75 Å². The summed E-state index contributed by atoms with van der Waals surface area (Å²) in [5.74, 6) is -0.0707. The Morgan fingerprint density at radius 1 is 1.30 bits per heavy atom. The number of fused-ring (bicyclic) bond motifs is 2. The van der Waals surface area contributed by atoms with Crippen LogP contribution in [0, 0.1) is 0 Å². The standard InChI is InChI=1S/C18H15N3O5S/c22-15-9-12(19-18-21(15)7-8-27-18)10-26-17(24)5-6-20-13-3-1-2-4-14(13)25-11-16(20)23/h1-4,7-9H,5-6,10-11H2. The minimum absolute atomic E-state index is 0.0281. The van der Waals surface area contributed by atoms with Gasteiger partial charge in [0.25, 0.3) is 11.5 Å². The molecule has 1 aliphatic rings. The summed E-state index contributed by atoms with van der Waals surface area (Å²) in [4.78, 5) is 42.4. The van der Waals surface area contributed by atoms with Crippen LogP contribution < -0.4 is 15.2 Å². The number of carbonyl (C=O) groups is 2.